The van der Waals surface area contributed by atoms with Crippen LogP contribution in [0.15, 0.2) is 67.9 Å². The number of amides is 2. The van der Waals surface area contributed by atoms with Crippen LogP contribution in [0.1, 0.15) is 26.3 Å². The van der Waals surface area contributed by atoms with Crippen LogP contribution in [0.2, 0.25) is 0 Å². The lowest BCUT2D eigenvalue weighted by Gasteiger charge is -2.13. The largest absolute Gasteiger partial charge is 0.283 e. The van der Waals surface area contributed by atoms with Gasteiger partial charge in [0.1, 0.15) is 5.56 Å². The van der Waals surface area contributed by atoms with E-state index in [1.165, 1.54) is 29.5 Å². The second kappa shape index (κ2) is 8.64. The second-order valence-corrected chi connectivity index (χ2v) is 11.1. The Morgan fingerprint density at radius 3 is 2.64 bits per heavy atom. The van der Waals surface area contributed by atoms with E-state index in [1.807, 2.05) is 18.2 Å². The number of hydrogen-bond acceptors (Lipinski definition) is 7. The van der Waals surface area contributed by atoms with E-state index in [1.54, 1.807) is 30.0 Å². The average molecular weight is 605 g/mol. The van der Waals surface area contributed by atoms with Gasteiger partial charge in [0, 0.05) is 20.8 Å². The van der Waals surface area contributed by atoms with Gasteiger partial charge in [0.2, 0.25) is 0 Å². The molecule has 3 aromatic carbocycles. The molecule has 11 heteroatoms. The molecule has 1 aromatic heterocycles. The zero-order valence-electron chi connectivity index (χ0n) is 16.5. The first-order valence-corrected chi connectivity index (χ1v) is 12.9. The van der Waals surface area contributed by atoms with Crippen molar-refractivity contribution in [1.82, 2.24) is 4.98 Å². The van der Waals surface area contributed by atoms with Gasteiger partial charge in [-0.15, -0.1) is 11.3 Å². The summed E-state index contributed by atoms with van der Waals surface area (Å²) in [5.74, 6) is -0.541. The van der Waals surface area contributed by atoms with Crippen LogP contribution in [0.3, 0.4) is 0 Å². The molecule has 2 heterocycles. The normalized spacial score (nSPS) is 13.1. The number of carbonyl (C=O) groups is 2. The number of imide groups is 1. The quantitative estimate of drug-likeness (QED) is 0.107. The van der Waals surface area contributed by atoms with Crippen LogP contribution >= 0.6 is 55.0 Å². The van der Waals surface area contributed by atoms with Crippen LogP contribution in [0, 0.1) is 10.1 Å². The van der Waals surface area contributed by atoms with Gasteiger partial charge in [-0.05, 0) is 42.0 Å². The number of fused-ring (bicyclic) bond motifs is 2. The number of aromatic nitrogens is 1. The Morgan fingerprint density at radius 2 is 1.88 bits per heavy atom. The van der Waals surface area contributed by atoms with Gasteiger partial charge in [-0.3, -0.25) is 19.7 Å². The number of rotatable bonds is 5. The molecule has 0 fully saturated rings. The maximum atomic E-state index is 13.0. The second-order valence-electron chi connectivity index (χ2n) is 7.06. The summed E-state index contributed by atoms with van der Waals surface area (Å²) in [5.41, 5.74) is 1.74. The lowest BCUT2D eigenvalue weighted by Crippen LogP contribution is -2.29. The van der Waals surface area contributed by atoms with Gasteiger partial charge in [-0.25, -0.2) is 9.88 Å². The molecule has 2 amide bonds. The predicted octanol–water partition coefficient (Wildman–Crippen LogP) is 6.82. The van der Waals surface area contributed by atoms with E-state index in [0.29, 0.717) is 5.69 Å². The number of nitrogens with zero attached hydrogens (tertiary/aromatic N) is 3. The average Bonchev–Trinajstić information content (AvgIpc) is 3.30. The first-order chi connectivity index (χ1) is 15.8. The van der Waals surface area contributed by atoms with Gasteiger partial charge in [0.15, 0.2) is 4.34 Å². The molecule has 1 aliphatic rings. The summed E-state index contributed by atoms with van der Waals surface area (Å²) in [6, 6.07) is 15.2. The molecular weight excluding hydrogens is 594 g/mol. The minimum absolute atomic E-state index is 0.0370. The number of nitro groups is 1. The van der Waals surface area contributed by atoms with Gasteiger partial charge in [0.05, 0.1) is 26.4 Å². The van der Waals surface area contributed by atoms with Crippen molar-refractivity contribution < 1.29 is 14.5 Å². The lowest BCUT2D eigenvalue weighted by atomic mass is 10.1. The number of hydrogen-bond donors (Lipinski definition) is 0. The first kappa shape index (κ1) is 22.2. The molecular formula is C22H11Br2N3O4S2. The van der Waals surface area contributed by atoms with Crippen LogP contribution in [-0.4, -0.2) is 21.7 Å². The van der Waals surface area contributed by atoms with Crippen LogP contribution in [0.5, 0.6) is 0 Å². The SMILES string of the molecule is O=C1c2cccc([N+](=O)[O-])c2C(=O)N1c1ccc2nc(SCc3ccc(Br)cc3Br)sc2c1. The van der Waals surface area contributed by atoms with Crippen molar-refractivity contribution in [3.05, 3.63) is 90.3 Å². The Kier molecular flexibility index (Phi) is 5.81. The van der Waals surface area contributed by atoms with E-state index in [-0.39, 0.29) is 16.8 Å². The van der Waals surface area contributed by atoms with Crippen molar-refractivity contribution in [2.24, 2.45) is 0 Å². The zero-order valence-corrected chi connectivity index (χ0v) is 21.3. The fourth-order valence-electron chi connectivity index (χ4n) is 3.53. The highest BCUT2D eigenvalue weighted by molar-refractivity contribution is 9.11. The molecule has 0 unspecified atom stereocenters. The summed E-state index contributed by atoms with van der Waals surface area (Å²) in [7, 11) is 0. The Labute approximate surface area is 212 Å². The molecule has 0 N–H and O–H groups in total. The maximum absolute atomic E-state index is 13.0. The molecule has 0 saturated heterocycles. The first-order valence-electron chi connectivity index (χ1n) is 9.47. The predicted molar refractivity (Wildman–Crippen MR) is 135 cm³/mol. The standard InChI is InChI=1S/C22H11Br2N3O4S2/c23-12-5-4-11(15(24)8-12)10-32-22-25-16-7-6-13(9-18(16)33-22)26-20(28)14-2-1-3-17(27(30)31)19(14)21(26)29/h1-9H,10H2. The topological polar surface area (TPSA) is 93.4 Å². The number of benzene rings is 3. The van der Waals surface area contributed by atoms with E-state index in [0.717, 1.165) is 39.7 Å². The molecule has 4 aromatic rings. The lowest BCUT2D eigenvalue weighted by molar-refractivity contribution is -0.385. The fraction of sp³-hybridized carbons (Fsp3) is 0.0455. The molecule has 7 nitrogen and oxygen atoms in total. The van der Waals surface area contributed by atoms with Gasteiger partial charge in [-0.1, -0.05) is 55.8 Å². The highest BCUT2D eigenvalue weighted by Crippen LogP contribution is 2.38. The van der Waals surface area contributed by atoms with E-state index in [9.17, 15) is 19.7 Å². The minimum atomic E-state index is -0.694. The zero-order chi connectivity index (χ0) is 23.3. The molecule has 1 aliphatic heterocycles. The Balaban J connectivity index is 1.43. The smallest absolute Gasteiger partial charge is 0.268 e. The van der Waals surface area contributed by atoms with E-state index in [4.69, 9.17) is 0 Å². The summed E-state index contributed by atoms with van der Waals surface area (Å²) in [6.45, 7) is 0. The van der Waals surface area contributed by atoms with E-state index in [2.05, 4.69) is 36.8 Å². The molecule has 5 rings (SSSR count). The monoisotopic (exact) mass is 603 g/mol. The van der Waals surface area contributed by atoms with Crippen LogP contribution in [0.25, 0.3) is 10.2 Å². The van der Waals surface area contributed by atoms with E-state index < -0.39 is 16.7 Å². The van der Waals surface area contributed by atoms with Crippen molar-refractivity contribution >= 4 is 88.4 Å². The third kappa shape index (κ3) is 3.99. The number of nitro benzene ring substituents is 1. The highest BCUT2D eigenvalue weighted by atomic mass is 79.9. The number of thiazole rings is 1. The van der Waals surface area contributed by atoms with Gasteiger partial charge in [-0.2, -0.15) is 0 Å². The molecule has 0 atom stereocenters. The summed E-state index contributed by atoms with van der Waals surface area (Å²) in [6.07, 6.45) is 0. The van der Waals surface area contributed by atoms with E-state index >= 15 is 0 Å². The number of anilines is 1. The summed E-state index contributed by atoms with van der Waals surface area (Å²) >= 11 is 10.1. The maximum Gasteiger partial charge on any atom is 0.283 e. The van der Waals surface area contributed by atoms with Gasteiger partial charge < -0.3 is 0 Å². The van der Waals surface area contributed by atoms with Crippen LogP contribution < -0.4 is 4.90 Å². The van der Waals surface area contributed by atoms with Gasteiger partial charge in [0.25, 0.3) is 17.5 Å². The Morgan fingerprint density at radius 1 is 1.06 bits per heavy atom. The van der Waals surface area contributed by atoms with Crippen molar-refractivity contribution in [3.8, 4) is 0 Å². The molecule has 0 aliphatic carbocycles. The van der Waals surface area contributed by atoms with Crippen molar-refractivity contribution in [2.45, 2.75) is 10.1 Å². The minimum Gasteiger partial charge on any atom is -0.268 e. The molecule has 0 saturated carbocycles. The van der Waals surface area contributed by atoms with Crippen LogP contribution in [-0.2, 0) is 5.75 Å². The molecule has 0 radical (unpaired) electrons. The molecule has 0 bridgehead atoms. The van der Waals surface area contributed by atoms with Gasteiger partial charge >= 0.3 is 0 Å². The summed E-state index contributed by atoms with van der Waals surface area (Å²) in [5, 5.41) is 11.3. The molecule has 33 heavy (non-hydrogen) atoms. The van der Waals surface area contributed by atoms with Crippen LogP contribution in [0.4, 0.5) is 11.4 Å². The van der Waals surface area contributed by atoms with Crippen molar-refractivity contribution in [1.29, 1.82) is 0 Å². The summed E-state index contributed by atoms with van der Waals surface area (Å²) in [4.78, 5) is 42.2. The molecule has 0 spiro atoms. The van der Waals surface area contributed by atoms with Crippen molar-refractivity contribution in [3.63, 3.8) is 0 Å². The molecule has 164 valence electrons. The Bertz CT molecular complexity index is 1490. The third-order valence-corrected chi connectivity index (χ3v) is 8.51. The summed E-state index contributed by atoms with van der Waals surface area (Å²) < 4.78 is 3.67. The number of thioether (sulfide) groups is 1. The fourth-order valence-corrected chi connectivity index (χ4v) is 7.00. The number of halogens is 2. The van der Waals surface area contributed by atoms with Crippen molar-refractivity contribution in [2.75, 3.05) is 4.90 Å². The Hall–Kier alpha value is -2.60. The third-order valence-electron chi connectivity index (χ3n) is 5.07. The number of carbonyl (C=O) groups excluding carboxylic acids is 2. The highest BCUT2D eigenvalue weighted by Gasteiger charge is 2.41.